The lowest BCUT2D eigenvalue weighted by Gasteiger charge is -2.22. The quantitative estimate of drug-likeness (QED) is 0.661. The Morgan fingerprint density at radius 3 is 2.68 bits per heavy atom. The minimum Gasteiger partial charge on any atom is -0.385 e. The highest BCUT2D eigenvalue weighted by atomic mass is 16.3. The van der Waals surface area contributed by atoms with E-state index in [0.29, 0.717) is 18.1 Å². The van der Waals surface area contributed by atoms with Crippen molar-refractivity contribution >= 4 is 11.8 Å². The molecule has 0 aliphatic heterocycles. The SMILES string of the molecule is CNC(=O)Nc1cccc(C(O)CNC(C)(C)C)n1. The highest BCUT2D eigenvalue weighted by molar-refractivity contribution is 5.87. The van der Waals surface area contributed by atoms with E-state index in [4.69, 9.17) is 0 Å². The Bertz CT molecular complexity index is 429. The molecule has 0 aromatic carbocycles. The molecule has 0 saturated heterocycles. The summed E-state index contributed by atoms with van der Waals surface area (Å²) in [5.41, 5.74) is 0.449. The lowest BCUT2D eigenvalue weighted by molar-refractivity contribution is 0.159. The smallest absolute Gasteiger partial charge is 0.320 e. The van der Waals surface area contributed by atoms with E-state index < -0.39 is 6.10 Å². The maximum Gasteiger partial charge on any atom is 0.320 e. The maximum atomic E-state index is 11.2. The van der Waals surface area contributed by atoms with Crippen LogP contribution in [0.4, 0.5) is 10.6 Å². The van der Waals surface area contributed by atoms with E-state index in [1.807, 2.05) is 20.8 Å². The lowest BCUT2D eigenvalue weighted by atomic mass is 10.1. The van der Waals surface area contributed by atoms with Crippen molar-refractivity contribution in [3.8, 4) is 0 Å². The van der Waals surface area contributed by atoms with Gasteiger partial charge < -0.3 is 15.7 Å². The van der Waals surface area contributed by atoms with E-state index in [-0.39, 0.29) is 11.6 Å². The molecule has 0 radical (unpaired) electrons. The fraction of sp³-hybridized carbons (Fsp3) is 0.538. The molecule has 0 aliphatic rings. The number of carbonyl (C=O) groups is 1. The number of amides is 2. The van der Waals surface area contributed by atoms with Crippen LogP contribution in [-0.4, -0.2) is 35.3 Å². The van der Waals surface area contributed by atoms with Gasteiger partial charge in [0, 0.05) is 19.1 Å². The van der Waals surface area contributed by atoms with Crippen molar-refractivity contribution in [1.82, 2.24) is 15.6 Å². The molecule has 4 N–H and O–H groups in total. The van der Waals surface area contributed by atoms with Gasteiger partial charge >= 0.3 is 6.03 Å². The molecule has 1 unspecified atom stereocenters. The normalized spacial score (nSPS) is 12.9. The molecular formula is C13H22N4O2. The zero-order chi connectivity index (χ0) is 14.5. The summed E-state index contributed by atoms with van der Waals surface area (Å²) in [6.07, 6.45) is -0.717. The van der Waals surface area contributed by atoms with Crippen LogP contribution in [0, 0.1) is 0 Å². The number of nitrogens with zero attached hydrogens (tertiary/aromatic N) is 1. The number of aromatic nitrogens is 1. The van der Waals surface area contributed by atoms with E-state index >= 15 is 0 Å². The van der Waals surface area contributed by atoms with Gasteiger partial charge in [-0.05, 0) is 32.9 Å². The second-order valence-corrected chi connectivity index (χ2v) is 5.30. The first-order valence-electron chi connectivity index (χ1n) is 6.20. The first-order chi connectivity index (χ1) is 8.81. The van der Waals surface area contributed by atoms with E-state index in [9.17, 15) is 9.90 Å². The summed E-state index contributed by atoms with van der Waals surface area (Å²) >= 11 is 0. The van der Waals surface area contributed by atoms with Crippen molar-refractivity contribution in [2.24, 2.45) is 0 Å². The van der Waals surface area contributed by atoms with Crippen molar-refractivity contribution < 1.29 is 9.90 Å². The molecule has 106 valence electrons. The fourth-order valence-electron chi connectivity index (χ4n) is 1.39. The molecule has 6 heteroatoms. The highest BCUT2D eigenvalue weighted by Gasteiger charge is 2.15. The zero-order valence-corrected chi connectivity index (χ0v) is 11.8. The summed E-state index contributed by atoms with van der Waals surface area (Å²) in [5, 5.41) is 18.3. The largest absolute Gasteiger partial charge is 0.385 e. The van der Waals surface area contributed by atoms with E-state index in [1.165, 1.54) is 7.05 Å². The van der Waals surface area contributed by atoms with Crippen LogP contribution in [0.15, 0.2) is 18.2 Å². The van der Waals surface area contributed by atoms with E-state index in [2.05, 4.69) is 20.9 Å². The minimum absolute atomic E-state index is 0.0705. The van der Waals surface area contributed by atoms with Crippen LogP contribution in [0.25, 0.3) is 0 Å². The van der Waals surface area contributed by atoms with Crippen LogP contribution in [-0.2, 0) is 0 Å². The Morgan fingerprint density at radius 2 is 2.11 bits per heavy atom. The number of rotatable bonds is 4. The van der Waals surface area contributed by atoms with Gasteiger partial charge in [-0.1, -0.05) is 6.07 Å². The monoisotopic (exact) mass is 266 g/mol. The number of hydrogen-bond acceptors (Lipinski definition) is 4. The number of pyridine rings is 1. The molecule has 2 amide bonds. The second kappa shape index (κ2) is 6.49. The molecule has 0 spiro atoms. The molecule has 19 heavy (non-hydrogen) atoms. The Hall–Kier alpha value is -1.66. The molecule has 0 bridgehead atoms. The number of aliphatic hydroxyl groups excluding tert-OH is 1. The molecule has 0 saturated carbocycles. The second-order valence-electron chi connectivity index (χ2n) is 5.30. The maximum absolute atomic E-state index is 11.2. The van der Waals surface area contributed by atoms with Gasteiger partial charge in [-0.3, -0.25) is 5.32 Å². The molecule has 0 fully saturated rings. The third-order valence-electron chi connectivity index (χ3n) is 2.41. The van der Waals surface area contributed by atoms with Gasteiger partial charge in [0.05, 0.1) is 5.69 Å². The third-order valence-corrected chi connectivity index (χ3v) is 2.41. The lowest BCUT2D eigenvalue weighted by Crippen LogP contribution is -2.38. The number of hydrogen-bond donors (Lipinski definition) is 4. The fourth-order valence-corrected chi connectivity index (χ4v) is 1.39. The number of anilines is 1. The summed E-state index contributed by atoms with van der Waals surface area (Å²) < 4.78 is 0. The summed E-state index contributed by atoms with van der Waals surface area (Å²) in [7, 11) is 1.53. The molecule has 1 rings (SSSR count). The number of β-amino-alcohol motifs (C(OH)–C–C–N with tert-alkyl or cyclic N) is 1. The molecule has 1 aromatic heterocycles. The van der Waals surface area contributed by atoms with Crippen molar-refractivity contribution in [3.63, 3.8) is 0 Å². The van der Waals surface area contributed by atoms with Crippen LogP contribution < -0.4 is 16.0 Å². The number of nitrogens with one attached hydrogen (secondary N) is 3. The molecule has 1 aromatic rings. The third kappa shape index (κ3) is 5.67. The van der Waals surface area contributed by atoms with Gasteiger partial charge in [-0.2, -0.15) is 0 Å². The molecule has 6 nitrogen and oxygen atoms in total. The Labute approximate surface area is 113 Å². The average molecular weight is 266 g/mol. The topological polar surface area (TPSA) is 86.3 Å². The van der Waals surface area contributed by atoms with Crippen LogP contribution in [0.1, 0.15) is 32.6 Å². The summed E-state index contributed by atoms with van der Waals surface area (Å²) in [4.78, 5) is 15.4. The molecule has 1 heterocycles. The number of aliphatic hydroxyl groups is 1. The highest BCUT2D eigenvalue weighted by Crippen LogP contribution is 2.13. The van der Waals surface area contributed by atoms with Gasteiger partial charge in [0.1, 0.15) is 11.9 Å². The van der Waals surface area contributed by atoms with Crippen molar-refractivity contribution in [2.45, 2.75) is 32.4 Å². The van der Waals surface area contributed by atoms with Gasteiger partial charge in [0.25, 0.3) is 0 Å². The standard InChI is InChI=1S/C13H22N4O2/c1-13(2,3)15-8-10(18)9-6-5-7-11(16-9)17-12(19)14-4/h5-7,10,15,18H,8H2,1-4H3,(H2,14,16,17,19). The molecule has 1 atom stereocenters. The van der Waals surface area contributed by atoms with E-state index in [0.717, 1.165) is 0 Å². The summed E-state index contributed by atoms with van der Waals surface area (Å²) in [5.74, 6) is 0.409. The Kier molecular flexibility index (Phi) is 5.26. The number of carbonyl (C=O) groups excluding carboxylic acids is 1. The Morgan fingerprint density at radius 1 is 1.42 bits per heavy atom. The van der Waals surface area contributed by atoms with Crippen molar-refractivity contribution in [2.75, 3.05) is 18.9 Å². The minimum atomic E-state index is -0.717. The van der Waals surface area contributed by atoms with Crippen molar-refractivity contribution in [3.05, 3.63) is 23.9 Å². The zero-order valence-electron chi connectivity index (χ0n) is 11.8. The summed E-state index contributed by atoms with van der Waals surface area (Å²) in [6.45, 7) is 6.48. The van der Waals surface area contributed by atoms with Crippen LogP contribution in [0.5, 0.6) is 0 Å². The van der Waals surface area contributed by atoms with Gasteiger partial charge in [0.15, 0.2) is 0 Å². The van der Waals surface area contributed by atoms with Gasteiger partial charge in [-0.15, -0.1) is 0 Å². The molecule has 0 aliphatic carbocycles. The average Bonchev–Trinajstić information content (AvgIpc) is 2.35. The molecular weight excluding hydrogens is 244 g/mol. The summed E-state index contributed by atoms with van der Waals surface area (Å²) in [6, 6.07) is 4.80. The first kappa shape index (κ1) is 15.4. The predicted octanol–water partition coefficient (Wildman–Crippen LogP) is 1.25. The number of urea groups is 1. The Balaban J connectivity index is 2.67. The van der Waals surface area contributed by atoms with Crippen LogP contribution in [0.2, 0.25) is 0 Å². The predicted molar refractivity (Wildman–Crippen MR) is 75.0 cm³/mol. The van der Waals surface area contributed by atoms with Gasteiger partial charge in [0.2, 0.25) is 0 Å². The van der Waals surface area contributed by atoms with Crippen molar-refractivity contribution in [1.29, 1.82) is 0 Å². The van der Waals surface area contributed by atoms with Crippen LogP contribution >= 0.6 is 0 Å². The van der Waals surface area contributed by atoms with Gasteiger partial charge in [-0.25, -0.2) is 9.78 Å². The first-order valence-corrected chi connectivity index (χ1v) is 6.20. The van der Waals surface area contributed by atoms with Crippen LogP contribution in [0.3, 0.4) is 0 Å². The van der Waals surface area contributed by atoms with E-state index in [1.54, 1.807) is 18.2 Å².